The summed E-state index contributed by atoms with van der Waals surface area (Å²) in [7, 11) is 0. The summed E-state index contributed by atoms with van der Waals surface area (Å²) < 4.78 is 0. The molecule has 1 fully saturated rings. The Labute approximate surface area is 123 Å². The van der Waals surface area contributed by atoms with E-state index in [2.05, 4.69) is 32.2 Å². The van der Waals surface area contributed by atoms with Gasteiger partial charge in [-0.2, -0.15) is 0 Å². The van der Waals surface area contributed by atoms with E-state index < -0.39 is 0 Å². The van der Waals surface area contributed by atoms with Crippen LogP contribution in [0.4, 0.5) is 5.82 Å². The van der Waals surface area contributed by atoms with Crippen molar-refractivity contribution in [3.63, 3.8) is 0 Å². The second kappa shape index (κ2) is 5.40. The van der Waals surface area contributed by atoms with Crippen molar-refractivity contribution in [2.75, 3.05) is 5.32 Å². The zero-order valence-corrected chi connectivity index (χ0v) is 12.4. The molecule has 0 bridgehead atoms. The third-order valence-corrected chi connectivity index (χ3v) is 3.98. The molecule has 106 valence electrons. The number of imidazole rings is 1. The van der Waals surface area contributed by atoms with Crippen LogP contribution in [0.5, 0.6) is 0 Å². The minimum Gasteiger partial charge on any atom is -0.360 e. The molecule has 0 spiro atoms. The predicted octanol–water partition coefficient (Wildman–Crippen LogP) is 3.60. The van der Waals surface area contributed by atoms with Crippen molar-refractivity contribution < 1.29 is 0 Å². The van der Waals surface area contributed by atoms with Gasteiger partial charge in [0.15, 0.2) is 0 Å². The molecule has 0 aromatic carbocycles. The molecule has 2 N–H and O–H groups in total. The van der Waals surface area contributed by atoms with Crippen molar-refractivity contribution in [3.05, 3.63) is 34.8 Å². The van der Waals surface area contributed by atoms with E-state index in [0.717, 1.165) is 42.3 Å². The summed E-state index contributed by atoms with van der Waals surface area (Å²) in [6, 6.07) is 0.0988. The zero-order valence-electron chi connectivity index (χ0n) is 11.7. The summed E-state index contributed by atoms with van der Waals surface area (Å²) in [6.45, 7) is 4.05. The van der Waals surface area contributed by atoms with E-state index >= 15 is 0 Å². The first-order valence-corrected chi connectivity index (χ1v) is 7.36. The van der Waals surface area contributed by atoms with Gasteiger partial charge in [0.05, 0.1) is 6.04 Å². The highest BCUT2D eigenvalue weighted by Crippen LogP contribution is 2.39. The molecule has 1 aliphatic rings. The lowest BCUT2D eigenvalue weighted by molar-refractivity contribution is 0.696. The van der Waals surface area contributed by atoms with E-state index in [4.69, 9.17) is 11.6 Å². The van der Waals surface area contributed by atoms with E-state index in [1.165, 1.54) is 0 Å². The molecule has 1 unspecified atom stereocenters. The summed E-state index contributed by atoms with van der Waals surface area (Å²) in [5.74, 6) is 3.07. The number of rotatable bonds is 5. The summed E-state index contributed by atoms with van der Waals surface area (Å²) in [6.07, 6.45) is 6.82. The zero-order chi connectivity index (χ0) is 14.1. The lowest BCUT2D eigenvalue weighted by Gasteiger charge is -2.18. The molecule has 0 aliphatic heterocycles. The molecule has 20 heavy (non-hydrogen) atoms. The first-order valence-electron chi connectivity index (χ1n) is 6.99. The van der Waals surface area contributed by atoms with Crippen LogP contribution in [0.25, 0.3) is 0 Å². The monoisotopic (exact) mass is 291 g/mol. The van der Waals surface area contributed by atoms with E-state index in [1.54, 1.807) is 6.20 Å². The van der Waals surface area contributed by atoms with Crippen LogP contribution in [0.1, 0.15) is 55.4 Å². The van der Waals surface area contributed by atoms with Crippen LogP contribution < -0.4 is 5.32 Å². The summed E-state index contributed by atoms with van der Waals surface area (Å²) >= 11 is 6.23. The van der Waals surface area contributed by atoms with Crippen LogP contribution in [0.2, 0.25) is 5.15 Å². The summed E-state index contributed by atoms with van der Waals surface area (Å²) in [5, 5.41) is 3.97. The number of halogens is 1. The highest BCUT2D eigenvalue weighted by atomic mass is 35.5. The largest absolute Gasteiger partial charge is 0.360 e. The molecule has 2 aromatic heterocycles. The second-order valence-electron chi connectivity index (χ2n) is 5.20. The third kappa shape index (κ3) is 2.63. The Morgan fingerprint density at radius 3 is 2.85 bits per heavy atom. The van der Waals surface area contributed by atoms with Gasteiger partial charge in [0, 0.05) is 23.9 Å². The number of aromatic nitrogens is 4. The number of aromatic amines is 1. The molecule has 0 saturated heterocycles. The Kier molecular flexibility index (Phi) is 3.61. The highest BCUT2D eigenvalue weighted by molar-refractivity contribution is 6.30. The standard InChI is InChI=1S/C14H18ClN5/c1-3-10(14-16-6-7-17-14)18-12-8(2)11(15)19-13(20-12)9-4-5-9/h6-7,9-10H,3-5H2,1-2H3,(H,16,17)(H,18,19,20). The second-order valence-corrected chi connectivity index (χ2v) is 5.56. The fourth-order valence-electron chi connectivity index (χ4n) is 2.17. The maximum Gasteiger partial charge on any atom is 0.137 e. The van der Waals surface area contributed by atoms with Gasteiger partial charge in [0.25, 0.3) is 0 Å². The summed E-state index contributed by atoms with van der Waals surface area (Å²) in [4.78, 5) is 16.5. The van der Waals surface area contributed by atoms with Crippen LogP contribution in [-0.4, -0.2) is 19.9 Å². The van der Waals surface area contributed by atoms with E-state index in [1.807, 2.05) is 13.1 Å². The van der Waals surface area contributed by atoms with Gasteiger partial charge in [0.2, 0.25) is 0 Å². The molecule has 1 atom stereocenters. The summed E-state index contributed by atoms with van der Waals surface area (Å²) in [5.41, 5.74) is 0.890. The molecule has 6 heteroatoms. The number of hydrogen-bond donors (Lipinski definition) is 2. The first kappa shape index (κ1) is 13.4. The average molecular weight is 292 g/mol. The Hall–Kier alpha value is -1.62. The molecule has 1 aliphatic carbocycles. The number of nitrogens with one attached hydrogen (secondary N) is 2. The quantitative estimate of drug-likeness (QED) is 0.826. The Bertz CT molecular complexity index is 592. The predicted molar refractivity (Wildman–Crippen MR) is 79.0 cm³/mol. The lowest BCUT2D eigenvalue weighted by atomic mass is 10.2. The van der Waals surface area contributed by atoms with Crippen molar-refractivity contribution in [3.8, 4) is 0 Å². The van der Waals surface area contributed by atoms with Crippen molar-refractivity contribution in [2.45, 2.75) is 45.1 Å². The number of hydrogen-bond acceptors (Lipinski definition) is 4. The minimum absolute atomic E-state index is 0.0988. The van der Waals surface area contributed by atoms with Gasteiger partial charge in [-0.1, -0.05) is 18.5 Å². The first-order chi connectivity index (χ1) is 9.69. The van der Waals surface area contributed by atoms with E-state index in [9.17, 15) is 0 Å². The molecular weight excluding hydrogens is 274 g/mol. The lowest BCUT2D eigenvalue weighted by Crippen LogP contribution is -2.14. The number of nitrogens with zero attached hydrogens (tertiary/aromatic N) is 3. The van der Waals surface area contributed by atoms with Crippen molar-refractivity contribution in [1.29, 1.82) is 0 Å². The van der Waals surface area contributed by atoms with Gasteiger partial charge in [-0.05, 0) is 26.2 Å². The van der Waals surface area contributed by atoms with Crippen LogP contribution in [-0.2, 0) is 0 Å². The van der Waals surface area contributed by atoms with Gasteiger partial charge >= 0.3 is 0 Å². The molecule has 0 amide bonds. The van der Waals surface area contributed by atoms with Crippen molar-refractivity contribution in [1.82, 2.24) is 19.9 Å². The molecule has 5 nitrogen and oxygen atoms in total. The van der Waals surface area contributed by atoms with Gasteiger partial charge < -0.3 is 10.3 Å². The smallest absolute Gasteiger partial charge is 0.137 e. The fourth-order valence-corrected chi connectivity index (χ4v) is 2.34. The van der Waals surface area contributed by atoms with E-state index in [0.29, 0.717) is 11.1 Å². The van der Waals surface area contributed by atoms with Crippen molar-refractivity contribution >= 4 is 17.4 Å². The third-order valence-electron chi connectivity index (χ3n) is 3.61. The molecule has 2 heterocycles. The molecular formula is C14H18ClN5. The van der Waals surface area contributed by atoms with Crippen molar-refractivity contribution in [2.24, 2.45) is 0 Å². The van der Waals surface area contributed by atoms with Gasteiger partial charge in [0.1, 0.15) is 22.6 Å². The van der Waals surface area contributed by atoms with Gasteiger partial charge in [-0.15, -0.1) is 0 Å². The number of anilines is 1. The van der Waals surface area contributed by atoms with Crippen LogP contribution >= 0.6 is 11.6 Å². The average Bonchev–Trinajstić information content (AvgIpc) is 3.16. The maximum atomic E-state index is 6.23. The van der Waals surface area contributed by atoms with E-state index in [-0.39, 0.29) is 6.04 Å². The molecule has 1 saturated carbocycles. The molecule has 2 aromatic rings. The topological polar surface area (TPSA) is 66.5 Å². The van der Waals surface area contributed by atoms with Gasteiger partial charge in [-0.25, -0.2) is 15.0 Å². The molecule has 0 radical (unpaired) electrons. The Morgan fingerprint density at radius 2 is 2.25 bits per heavy atom. The Morgan fingerprint density at radius 1 is 1.45 bits per heavy atom. The fraction of sp³-hybridized carbons (Fsp3) is 0.500. The van der Waals surface area contributed by atoms with Crippen LogP contribution in [0.3, 0.4) is 0 Å². The van der Waals surface area contributed by atoms with Crippen LogP contribution in [0, 0.1) is 6.92 Å². The maximum absolute atomic E-state index is 6.23. The minimum atomic E-state index is 0.0988. The number of H-pyrrole nitrogens is 1. The molecule has 3 rings (SSSR count). The van der Waals surface area contributed by atoms with Gasteiger partial charge in [-0.3, -0.25) is 0 Å². The Balaban J connectivity index is 1.89. The van der Waals surface area contributed by atoms with Crippen LogP contribution in [0.15, 0.2) is 12.4 Å². The highest BCUT2D eigenvalue weighted by Gasteiger charge is 2.28. The normalized spacial score (nSPS) is 16.1. The SMILES string of the molecule is CCC(Nc1nc(C2CC2)nc(Cl)c1C)c1ncc[nH]1.